The Labute approximate surface area is 99.4 Å². The molecule has 0 aliphatic heterocycles. The number of ether oxygens (including phenoxy) is 1. The van der Waals surface area contributed by atoms with E-state index in [1.165, 1.54) is 11.3 Å². The van der Waals surface area contributed by atoms with Gasteiger partial charge in [0.1, 0.15) is 16.8 Å². The van der Waals surface area contributed by atoms with Crippen LogP contribution in [0.4, 0.5) is 0 Å². The second-order valence-corrected chi connectivity index (χ2v) is 5.64. The number of aryl methyl sites for hydroxylation is 1. The van der Waals surface area contributed by atoms with Crippen molar-refractivity contribution in [3.8, 4) is 0 Å². The van der Waals surface area contributed by atoms with E-state index in [0.717, 1.165) is 11.2 Å². The molecule has 0 radical (unpaired) electrons. The summed E-state index contributed by atoms with van der Waals surface area (Å²) in [6, 6.07) is 3.62. The predicted octanol–water partition coefficient (Wildman–Crippen LogP) is 2.83. The fourth-order valence-electron chi connectivity index (χ4n) is 1.15. The molecule has 1 rings (SSSR count). The van der Waals surface area contributed by atoms with E-state index < -0.39 is 5.60 Å². The first-order chi connectivity index (χ1) is 7.42. The van der Waals surface area contributed by atoms with E-state index in [2.05, 4.69) is 0 Å². The van der Waals surface area contributed by atoms with Crippen LogP contribution in [0, 0.1) is 0 Å². The van der Waals surface area contributed by atoms with Crippen LogP contribution in [-0.2, 0) is 16.0 Å². The molecule has 16 heavy (non-hydrogen) atoms. The summed E-state index contributed by atoms with van der Waals surface area (Å²) in [7, 11) is 0. The molecule has 0 spiro atoms. The van der Waals surface area contributed by atoms with Crippen LogP contribution in [0.3, 0.4) is 0 Å². The van der Waals surface area contributed by atoms with Crippen LogP contribution in [0.15, 0.2) is 12.1 Å². The van der Waals surface area contributed by atoms with Crippen LogP contribution in [0.2, 0.25) is 0 Å². The Balaban J connectivity index is 2.63. The van der Waals surface area contributed by atoms with Crippen LogP contribution >= 0.6 is 11.3 Å². The first-order valence-corrected chi connectivity index (χ1v) is 6.00. The fraction of sp³-hybridized carbons (Fsp3) is 0.500. The molecule has 0 N–H and O–H groups in total. The average molecular weight is 240 g/mol. The molecule has 0 unspecified atom stereocenters. The topological polar surface area (TPSA) is 43.4 Å². The predicted molar refractivity (Wildman–Crippen MR) is 63.9 cm³/mol. The lowest BCUT2D eigenvalue weighted by Gasteiger charge is -2.18. The summed E-state index contributed by atoms with van der Waals surface area (Å²) in [6.07, 6.45) is 2.07. The molecule has 1 aromatic rings. The lowest BCUT2D eigenvalue weighted by Crippen LogP contribution is -2.23. The first-order valence-electron chi connectivity index (χ1n) is 5.18. The second-order valence-electron chi connectivity index (χ2n) is 4.47. The van der Waals surface area contributed by atoms with E-state index in [0.29, 0.717) is 17.7 Å². The number of carbonyl (C=O) groups excluding carboxylic acids is 2. The third kappa shape index (κ3) is 4.14. The number of hydrogen-bond donors (Lipinski definition) is 0. The number of aldehydes is 1. The number of esters is 1. The molecule has 0 bridgehead atoms. The smallest absolute Gasteiger partial charge is 0.348 e. The molecule has 0 saturated heterocycles. The first kappa shape index (κ1) is 12.9. The van der Waals surface area contributed by atoms with Gasteiger partial charge in [-0.2, -0.15) is 0 Å². The van der Waals surface area contributed by atoms with Gasteiger partial charge in [-0.1, -0.05) is 0 Å². The van der Waals surface area contributed by atoms with Crippen LogP contribution in [0.25, 0.3) is 0 Å². The van der Waals surface area contributed by atoms with Gasteiger partial charge in [-0.3, -0.25) is 0 Å². The van der Waals surface area contributed by atoms with Crippen molar-refractivity contribution in [3.05, 3.63) is 21.9 Å². The summed E-state index contributed by atoms with van der Waals surface area (Å²) in [4.78, 5) is 23.5. The molecule has 0 aliphatic rings. The van der Waals surface area contributed by atoms with E-state index in [1.807, 2.05) is 26.8 Å². The summed E-state index contributed by atoms with van der Waals surface area (Å²) in [5.41, 5.74) is -0.468. The number of thiophene rings is 1. The van der Waals surface area contributed by atoms with Crippen molar-refractivity contribution in [1.29, 1.82) is 0 Å². The molecule has 0 fully saturated rings. The minimum absolute atomic E-state index is 0.296. The normalized spacial score (nSPS) is 11.2. The molecule has 1 heterocycles. The van der Waals surface area contributed by atoms with E-state index in [4.69, 9.17) is 4.74 Å². The van der Waals surface area contributed by atoms with Crippen molar-refractivity contribution in [2.45, 2.75) is 39.2 Å². The zero-order valence-corrected chi connectivity index (χ0v) is 10.6. The molecule has 4 heteroatoms. The highest BCUT2D eigenvalue weighted by Gasteiger charge is 2.19. The monoisotopic (exact) mass is 240 g/mol. The molecular weight excluding hydrogens is 224 g/mol. The van der Waals surface area contributed by atoms with Crippen molar-refractivity contribution < 1.29 is 14.3 Å². The average Bonchev–Trinajstić information content (AvgIpc) is 2.60. The van der Waals surface area contributed by atoms with Gasteiger partial charge in [0, 0.05) is 11.3 Å². The molecule has 3 nitrogen and oxygen atoms in total. The maximum atomic E-state index is 11.7. The standard InChI is InChI=1S/C12H16O3S/c1-12(2,3)15-11(14)10-7-6-9(16-10)5-4-8-13/h6-8H,4-5H2,1-3H3. The van der Waals surface area contributed by atoms with Gasteiger partial charge in [-0.05, 0) is 39.3 Å². The quantitative estimate of drug-likeness (QED) is 0.600. The van der Waals surface area contributed by atoms with E-state index in [9.17, 15) is 9.59 Å². The van der Waals surface area contributed by atoms with Crippen molar-refractivity contribution in [2.24, 2.45) is 0 Å². The maximum Gasteiger partial charge on any atom is 0.348 e. The summed E-state index contributed by atoms with van der Waals surface area (Å²) >= 11 is 1.39. The Morgan fingerprint density at radius 3 is 2.69 bits per heavy atom. The minimum Gasteiger partial charge on any atom is -0.456 e. The third-order valence-corrected chi connectivity index (χ3v) is 2.90. The third-order valence-electron chi connectivity index (χ3n) is 1.77. The fourth-order valence-corrected chi connectivity index (χ4v) is 2.05. The van der Waals surface area contributed by atoms with Gasteiger partial charge in [0.2, 0.25) is 0 Å². The molecule has 1 aromatic heterocycles. The lowest BCUT2D eigenvalue weighted by molar-refractivity contribution is -0.107. The van der Waals surface area contributed by atoms with Gasteiger partial charge < -0.3 is 9.53 Å². The molecular formula is C12H16O3S. The Bertz CT molecular complexity index is 374. The summed E-state index contributed by atoms with van der Waals surface area (Å²) in [6.45, 7) is 5.52. The van der Waals surface area contributed by atoms with Crippen LogP contribution in [0.5, 0.6) is 0 Å². The van der Waals surface area contributed by atoms with Crippen molar-refractivity contribution in [2.75, 3.05) is 0 Å². The number of carbonyl (C=O) groups is 2. The zero-order valence-electron chi connectivity index (χ0n) is 9.78. The van der Waals surface area contributed by atoms with Crippen molar-refractivity contribution in [3.63, 3.8) is 0 Å². The highest BCUT2D eigenvalue weighted by Crippen LogP contribution is 2.21. The largest absolute Gasteiger partial charge is 0.456 e. The van der Waals surface area contributed by atoms with Crippen molar-refractivity contribution in [1.82, 2.24) is 0 Å². The van der Waals surface area contributed by atoms with Gasteiger partial charge in [-0.15, -0.1) is 11.3 Å². The van der Waals surface area contributed by atoms with E-state index in [-0.39, 0.29) is 5.97 Å². The highest BCUT2D eigenvalue weighted by molar-refractivity contribution is 7.13. The minimum atomic E-state index is -0.468. The Morgan fingerprint density at radius 2 is 2.12 bits per heavy atom. The van der Waals surface area contributed by atoms with Gasteiger partial charge in [-0.25, -0.2) is 4.79 Å². The lowest BCUT2D eigenvalue weighted by atomic mass is 10.2. The molecule has 0 amide bonds. The molecule has 0 aliphatic carbocycles. The Kier molecular flexibility index (Phi) is 4.24. The Morgan fingerprint density at radius 1 is 1.44 bits per heavy atom. The maximum absolute atomic E-state index is 11.7. The van der Waals surface area contributed by atoms with Crippen molar-refractivity contribution >= 4 is 23.6 Å². The van der Waals surface area contributed by atoms with Crippen LogP contribution < -0.4 is 0 Å². The number of hydrogen-bond acceptors (Lipinski definition) is 4. The second kappa shape index (κ2) is 5.25. The van der Waals surface area contributed by atoms with Gasteiger partial charge in [0.15, 0.2) is 0 Å². The van der Waals surface area contributed by atoms with E-state index >= 15 is 0 Å². The SMILES string of the molecule is CC(C)(C)OC(=O)c1ccc(CCC=O)s1. The molecule has 88 valence electrons. The van der Waals surface area contributed by atoms with Gasteiger partial charge in [0.25, 0.3) is 0 Å². The number of rotatable bonds is 4. The van der Waals surface area contributed by atoms with Crippen LogP contribution in [0.1, 0.15) is 41.7 Å². The van der Waals surface area contributed by atoms with Crippen LogP contribution in [-0.4, -0.2) is 17.9 Å². The zero-order chi connectivity index (χ0) is 12.2. The summed E-state index contributed by atoms with van der Waals surface area (Å²) in [5.74, 6) is -0.296. The Hall–Kier alpha value is -1.16. The highest BCUT2D eigenvalue weighted by atomic mass is 32.1. The molecule has 0 atom stereocenters. The molecule has 0 saturated carbocycles. The van der Waals surface area contributed by atoms with Gasteiger partial charge in [0.05, 0.1) is 0 Å². The summed E-state index contributed by atoms with van der Waals surface area (Å²) < 4.78 is 5.24. The molecule has 0 aromatic carbocycles. The van der Waals surface area contributed by atoms with Gasteiger partial charge >= 0.3 is 5.97 Å². The summed E-state index contributed by atoms with van der Waals surface area (Å²) in [5, 5.41) is 0. The van der Waals surface area contributed by atoms with E-state index in [1.54, 1.807) is 6.07 Å².